The van der Waals surface area contributed by atoms with Crippen LogP contribution in [0, 0.1) is 11.3 Å². The van der Waals surface area contributed by atoms with Crippen LogP contribution in [0.4, 0.5) is 0 Å². The predicted octanol–water partition coefficient (Wildman–Crippen LogP) is 4.51. The minimum absolute atomic E-state index is 0.152. The van der Waals surface area contributed by atoms with E-state index < -0.39 is 10.0 Å². The van der Waals surface area contributed by atoms with Crippen LogP contribution in [0.15, 0.2) is 71.6 Å². The van der Waals surface area contributed by atoms with Gasteiger partial charge in [-0.2, -0.15) is 9.57 Å². The van der Waals surface area contributed by atoms with Crippen molar-refractivity contribution in [2.24, 2.45) is 0 Å². The minimum atomic E-state index is -3.73. The molecule has 0 saturated carbocycles. The van der Waals surface area contributed by atoms with Gasteiger partial charge in [0.1, 0.15) is 12.4 Å². The molecule has 6 nitrogen and oxygen atoms in total. The summed E-state index contributed by atoms with van der Waals surface area (Å²) >= 11 is 6.17. The SMILES string of the molecule is N#Cc1ccc(S(=O)(=O)N2CCOc3ccc(COCc4ccccc4Cl)cc3C2)cc1. The van der Waals surface area contributed by atoms with Crippen LogP contribution in [0.3, 0.4) is 0 Å². The minimum Gasteiger partial charge on any atom is -0.492 e. The number of benzene rings is 3. The Morgan fingerprint density at radius 3 is 2.59 bits per heavy atom. The van der Waals surface area contributed by atoms with Crippen LogP contribution in [0.1, 0.15) is 22.3 Å². The van der Waals surface area contributed by atoms with E-state index in [0.29, 0.717) is 29.5 Å². The molecule has 0 radical (unpaired) electrons. The number of ether oxygens (including phenoxy) is 2. The first-order valence-electron chi connectivity index (χ1n) is 10.0. The lowest BCUT2D eigenvalue weighted by molar-refractivity contribution is 0.107. The highest BCUT2D eigenvalue weighted by Crippen LogP contribution is 2.28. The Kier molecular flexibility index (Phi) is 6.77. The van der Waals surface area contributed by atoms with E-state index in [1.807, 2.05) is 48.5 Å². The van der Waals surface area contributed by atoms with E-state index in [1.165, 1.54) is 28.6 Å². The number of sulfonamides is 1. The fourth-order valence-electron chi connectivity index (χ4n) is 3.46. The number of hydrogen-bond donors (Lipinski definition) is 0. The van der Waals surface area contributed by atoms with Gasteiger partial charge in [-0.15, -0.1) is 0 Å². The van der Waals surface area contributed by atoms with Gasteiger partial charge in [-0.25, -0.2) is 8.42 Å². The number of nitrogens with zero attached hydrogens (tertiary/aromatic N) is 2. The van der Waals surface area contributed by atoms with Crippen molar-refractivity contribution in [2.75, 3.05) is 13.2 Å². The first kappa shape index (κ1) is 22.3. The number of nitriles is 1. The Hall–Kier alpha value is -2.89. The molecule has 0 amide bonds. The fraction of sp³-hybridized carbons (Fsp3) is 0.208. The van der Waals surface area contributed by atoms with Gasteiger partial charge in [0.05, 0.1) is 29.7 Å². The summed E-state index contributed by atoms with van der Waals surface area (Å²) in [6, 6.07) is 21.1. The molecule has 8 heteroatoms. The van der Waals surface area contributed by atoms with E-state index in [4.69, 9.17) is 26.3 Å². The van der Waals surface area contributed by atoms with E-state index in [2.05, 4.69) is 0 Å². The van der Waals surface area contributed by atoms with E-state index in [9.17, 15) is 8.42 Å². The molecule has 0 aromatic heterocycles. The number of rotatable bonds is 6. The Balaban J connectivity index is 1.49. The summed E-state index contributed by atoms with van der Waals surface area (Å²) in [5.41, 5.74) is 3.01. The van der Waals surface area contributed by atoms with Gasteiger partial charge >= 0.3 is 0 Å². The highest BCUT2D eigenvalue weighted by Gasteiger charge is 2.27. The molecule has 0 atom stereocenters. The molecule has 0 spiro atoms. The van der Waals surface area contributed by atoms with Crippen LogP contribution < -0.4 is 4.74 Å². The van der Waals surface area contributed by atoms with Crippen LogP contribution in [0.5, 0.6) is 5.75 Å². The van der Waals surface area contributed by atoms with E-state index in [0.717, 1.165) is 16.7 Å². The monoisotopic (exact) mass is 468 g/mol. The standard InChI is InChI=1S/C24H21ClN2O4S/c25-23-4-2-1-3-20(23)17-30-16-19-7-10-24-21(13-19)15-27(11-12-31-24)32(28,29)22-8-5-18(14-26)6-9-22/h1-10,13H,11-12,15-17H2. The molecule has 3 aromatic rings. The van der Waals surface area contributed by atoms with Crippen molar-refractivity contribution >= 4 is 21.6 Å². The molecule has 3 aromatic carbocycles. The van der Waals surface area contributed by atoms with Crippen LogP contribution in [-0.2, 0) is 34.5 Å². The first-order valence-corrected chi connectivity index (χ1v) is 11.9. The third-order valence-corrected chi connectivity index (χ3v) is 7.40. The second-order valence-electron chi connectivity index (χ2n) is 7.35. The summed E-state index contributed by atoms with van der Waals surface area (Å²) in [4.78, 5) is 0.152. The van der Waals surface area contributed by atoms with Crippen molar-refractivity contribution < 1.29 is 17.9 Å². The van der Waals surface area contributed by atoms with Crippen LogP contribution in [-0.4, -0.2) is 25.9 Å². The quantitative estimate of drug-likeness (QED) is 0.531. The van der Waals surface area contributed by atoms with Gasteiger partial charge in [-0.3, -0.25) is 0 Å². The lowest BCUT2D eigenvalue weighted by atomic mass is 10.1. The second kappa shape index (κ2) is 9.72. The Bertz CT molecular complexity index is 1250. The van der Waals surface area contributed by atoms with Crippen molar-refractivity contribution in [2.45, 2.75) is 24.7 Å². The maximum absolute atomic E-state index is 13.1. The Labute approximate surface area is 192 Å². The van der Waals surface area contributed by atoms with Gasteiger partial charge in [0, 0.05) is 23.7 Å². The average molecular weight is 469 g/mol. The molecule has 32 heavy (non-hydrogen) atoms. The Morgan fingerprint density at radius 1 is 1.06 bits per heavy atom. The first-order chi connectivity index (χ1) is 15.5. The summed E-state index contributed by atoms with van der Waals surface area (Å²) in [6.45, 7) is 1.42. The summed E-state index contributed by atoms with van der Waals surface area (Å²) in [5.74, 6) is 0.664. The predicted molar refractivity (Wildman–Crippen MR) is 121 cm³/mol. The smallest absolute Gasteiger partial charge is 0.243 e. The molecule has 164 valence electrons. The van der Waals surface area contributed by atoms with E-state index in [-0.39, 0.29) is 24.6 Å². The second-order valence-corrected chi connectivity index (χ2v) is 9.69. The van der Waals surface area contributed by atoms with Crippen molar-refractivity contribution in [3.63, 3.8) is 0 Å². The summed E-state index contributed by atoms with van der Waals surface area (Å²) in [6.07, 6.45) is 0. The third-order valence-electron chi connectivity index (χ3n) is 5.18. The lowest BCUT2D eigenvalue weighted by Crippen LogP contribution is -2.32. The fourth-order valence-corrected chi connectivity index (χ4v) is 5.06. The van der Waals surface area contributed by atoms with Crippen molar-refractivity contribution in [1.82, 2.24) is 4.31 Å². The van der Waals surface area contributed by atoms with Gasteiger partial charge in [0.25, 0.3) is 0 Å². The lowest BCUT2D eigenvalue weighted by Gasteiger charge is -2.19. The molecule has 0 bridgehead atoms. The van der Waals surface area contributed by atoms with Crippen LogP contribution in [0.25, 0.3) is 0 Å². The molecule has 1 aliphatic rings. The largest absolute Gasteiger partial charge is 0.492 e. The van der Waals surface area contributed by atoms with Gasteiger partial charge < -0.3 is 9.47 Å². The topological polar surface area (TPSA) is 79.6 Å². The molecule has 0 unspecified atom stereocenters. The van der Waals surface area contributed by atoms with E-state index >= 15 is 0 Å². The summed E-state index contributed by atoms with van der Waals surface area (Å²) in [5, 5.41) is 9.61. The normalized spacial score (nSPS) is 14.1. The van der Waals surface area contributed by atoms with Crippen molar-refractivity contribution in [1.29, 1.82) is 5.26 Å². The van der Waals surface area contributed by atoms with Crippen molar-refractivity contribution in [3.8, 4) is 11.8 Å². The zero-order chi connectivity index (χ0) is 22.6. The molecule has 4 rings (SSSR count). The molecule has 0 saturated heterocycles. The number of fused-ring (bicyclic) bond motifs is 1. The number of hydrogen-bond acceptors (Lipinski definition) is 5. The molecule has 0 aliphatic carbocycles. The zero-order valence-electron chi connectivity index (χ0n) is 17.2. The maximum atomic E-state index is 13.1. The molecule has 0 fully saturated rings. The summed E-state index contributed by atoms with van der Waals surface area (Å²) < 4.78 is 39.3. The van der Waals surface area contributed by atoms with Gasteiger partial charge in [-0.1, -0.05) is 35.9 Å². The third kappa shape index (κ3) is 4.95. The van der Waals surface area contributed by atoms with Crippen LogP contribution in [0.2, 0.25) is 5.02 Å². The van der Waals surface area contributed by atoms with Crippen LogP contribution >= 0.6 is 11.6 Å². The highest BCUT2D eigenvalue weighted by molar-refractivity contribution is 7.89. The van der Waals surface area contributed by atoms with Gasteiger partial charge in [0.15, 0.2) is 0 Å². The molecular formula is C24H21ClN2O4S. The average Bonchev–Trinajstić information content (AvgIpc) is 3.03. The molecule has 1 aliphatic heterocycles. The molecule has 0 N–H and O–H groups in total. The Morgan fingerprint density at radius 2 is 1.84 bits per heavy atom. The highest BCUT2D eigenvalue weighted by atomic mass is 35.5. The number of halogens is 1. The zero-order valence-corrected chi connectivity index (χ0v) is 18.8. The maximum Gasteiger partial charge on any atom is 0.243 e. The molecular weight excluding hydrogens is 448 g/mol. The van der Waals surface area contributed by atoms with Crippen molar-refractivity contribution in [3.05, 3.63) is 94.0 Å². The van der Waals surface area contributed by atoms with Gasteiger partial charge in [0.2, 0.25) is 10.0 Å². The summed E-state index contributed by atoms with van der Waals surface area (Å²) in [7, 11) is -3.73. The van der Waals surface area contributed by atoms with E-state index in [1.54, 1.807) is 0 Å². The van der Waals surface area contributed by atoms with Gasteiger partial charge in [-0.05, 0) is 53.6 Å². The molecule has 1 heterocycles.